The first-order valence-corrected chi connectivity index (χ1v) is 8.75. The van der Waals surface area contributed by atoms with Gasteiger partial charge < -0.3 is 5.32 Å². The van der Waals surface area contributed by atoms with Crippen LogP contribution in [0.15, 0.2) is 23.1 Å². The van der Waals surface area contributed by atoms with Crippen molar-refractivity contribution in [3.05, 3.63) is 23.8 Å². The molecule has 1 aromatic rings. The van der Waals surface area contributed by atoms with Crippen molar-refractivity contribution in [2.24, 2.45) is 0 Å². The lowest BCUT2D eigenvalue weighted by Crippen LogP contribution is -2.35. The minimum absolute atomic E-state index is 0.0222. The fourth-order valence-electron chi connectivity index (χ4n) is 2.60. The van der Waals surface area contributed by atoms with Crippen LogP contribution in [0.3, 0.4) is 0 Å². The molecule has 1 heterocycles. The fourth-order valence-corrected chi connectivity index (χ4v) is 4.02. The van der Waals surface area contributed by atoms with Crippen LogP contribution < -0.4 is 5.32 Å². The number of sulfonamides is 1. The van der Waals surface area contributed by atoms with Crippen LogP contribution in [0, 0.1) is 0 Å². The first-order valence-electron chi connectivity index (χ1n) is 7.31. The Hall–Kier alpha value is -1.07. The summed E-state index contributed by atoms with van der Waals surface area (Å²) in [5.74, 6) is 0. The summed E-state index contributed by atoms with van der Waals surface area (Å²) >= 11 is 0. The van der Waals surface area contributed by atoms with E-state index < -0.39 is 10.0 Å². The molecular weight excluding hydrogens is 272 g/mol. The van der Waals surface area contributed by atoms with E-state index in [1.54, 1.807) is 19.2 Å². The number of anilines is 1. The van der Waals surface area contributed by atoms with Gasteiger partial charge in [0.25, 0.3) is 0 Å². The van der Waals surface area contributed by atoms with Crippen molar-refractivity contribution in [3.8, 4) is 0 Å². The maximum Gasteiger partial charge on any atom is 0.243 e. The standard InChI is InChI=1S/C15H24N2O2S/c1-4-6-12(2)17(3)20(18,19)14-9-8-13-7-5-10-16-15(13)11-14/h8-9,11-12,16H,4-7,10H2,1-3H3. The number of nitrogens with zero attached hydrogens (tertiary/aromatic N) is 1. The second-order valence-corrected chi connectivity index (χ2v) is 7.51. The van der Waals surface area contributed by atoms with Gasteiger partial charge in [0.2, 0.25) is 10.0 Å². The summed E-state index contributed by atoms with van der Waals surface area (Å²) in [5.41, 5.74) is 2.17. The van der Waals surface area contributed by atoms with Crippen LogP contribution in [0.2, 0.25) is 0 Å². The number of aryl methyl sites for hydroxylation is 1. The van der Waals surface area contributed by atoms with E-state index in [1.807, 2.05) is 13.0 Å². The zero-order valence-electron chi connectivity index (χ0n) is 12.5. The van der Waals surface area contributed by atoms with Gasteiger partial charge in [-0.1, -0.05) is 19.4 Å². The average Bonchev–Trinajstić information content (AvgIpc) is 2.46. The van der Waals surface area contributed by atoms with Gasteiger partial charge in [0.05, 0.1) is 4.90 Å². The van der Waals surface area contributed by atoms with Crippen molar-refractivity contribution in [1.82, 2.24) is 4.31 Å². The molecule has 0 saturated heterocycles. The zero-order valence-corrected chi connectivity index (χ0v) is 13.3. The first kappa shape index (κ1) is 15.3. The molecule has 20 heavy (non-hydrogen) atoms. The highest BCUT2D eigenvalue weighted by molar-refractivity contribution is 7.89. The topological polar surface area (TPSA) is 49.4 Å². The molecule has 1 aliphatic heterocycles. The summed E-state index contributed by atoms with van der Waals surface area (Å²) in [6, 6.07) is 5.47. The van der Waals surface area contributed by atoms with Crippen molar-refractivity contribution >= 4 is 15.7 Å². The van der Waals surface area contributed by atoms with Crippen LogP contribution in [-0.4, -0.2) is 32.4 Å². The van der Waals surface area contributed by atoms with Crippen LogP contribution in [-0.2, 0) is 16.4 Å². The predicted molar refractivity (Wildman–Crippen MR) is 82.6 cm³/mol. The number of benzene rings is 1. The monoisotopic (exact) mass is 296 g/mol. The van der Waals surface area contributed by atoms with Gasteiger partial charge in [-0.05, 0) is 43.9 Å². The molecule has 1 atom stereocenters. The van der Waals surface area contributed by atoms with Gasteiger partial charge in [0.1, 0.15) is 0 Å². The molecule has 0 saturated carbocycles. The summed E-state index contributed by atoms with van der Waals surface area (Å²) in [6.45, 7) is 4.94. The normalized spacial score (nSPS) is 16.6. The summed E-state index contributed by atoms with van der Waals surface area (Å²) in [6.07, 6.45) is 3.98. The Labute approximate surface area is 122 Å². The lowest BCUT2D eigenvalue weighted by molar-refractivity contribution is 0.369. The molecule has 0 aliphatic carbocycles. The van der Waals surface area contributed by atoms with Gasteiger partial charge in [-0.25, -0.2) is 8.42 Å². The summed E-state index contributed by atoms with van der Waals surface area (Å²) in [4.78, 5) is 0.385. The number of fused-ring (bicyclic) bond motifs is 1. The van der Waals surface area contributed by atoms with Crippen molar-refractivity contribution in [1.29, 1.82) is 0 Å². The van der Waals surface area contributed by atoms with Crippen LogP contribution >= 0.6 is 0 Å². The minimum atomic E-state index is -3.40. The molecule has 0 spiro atoms. The smallest absolute Gasteiger partial charge is 0.243 e. The molecule has 0 fully saturated rings. The number of rotatable bonds is 5. The highest BCUT2D eigenvalue weighted by atomic mass is 32.2. The highest BCUT2D eigenvalue weighted by Crippen LogP contribution is 2.27. The second-order valence-electron chi connectivity index (χ2n) is 5.51. The minimum Gasteiger partial charge on any atom is -0.385 e. The van der Waals surface area contributed by atoms with Crippen LogP contribution in [0.1, 0.15) is 38.7 Å². The molecule has 1 N–H and O–H groups in total. The van der Waals surface area contributed by atoms with Gasteiger partial charge >= 0.3 is 0 Å². The van der Waals surface area contributed by atoms with E-state index >= 15 is 0 Å². The summed E-state index contributed by atoms with van der Waals surface area (Å²) in [5, 5.41) is 3.29. The molecule has 5 heteroatoms. The Kier molecular flexibility index (Phi) is 4.70. The average molecular weight is 296 g/mol. The summed E-state index contributed by atoms with van der Waals surface area (Å²) < 4.78 is 26.8. The SMILES string of the molecule is CCCC(C)N(C)S(=O)(=O)c1ccc2c(c1)NCCC2. The lowest BCUT2D eigenvalue weighted by Gasteiger charge is -2.25. The van der Waals surface area contributed by atoms with Gasteiger partial charge in [-0.2, -0.15) is 4.31 Å². The van der Waals surface area contributed by atoms with E-state index in [-0.39, 0.29) is 6.04 Å². The Morgan fingerprint density at radius 1 is 1.40 bits per heavy atom. The van der Waals surface area contributed by atoms with E-state index in [0.29, 0.717) is 4.90 Å². The van der Waals surface area contributed by atoms with Crippen LogP contribution in [0.25, 0.3) is 0 Å². The molecule has 0 bridgehead atoms. The van der Waals surface area contributed by atoms with Crippen LogP contribution in [0.5, 0.6) is 0 Å². The largest absolute Gasteiger partial charge is 0.385 e. The molecule has 2 rings (SSSR count). The number of hydrogen-bond acceptors (Lipinski definition) is 3. The third kappa shape index (κ3) is 2.99. The predicted octanol–water partition coefficient (Wildman–Crippen LogP) is 2.85. The van der Waals surface area contributed by atoms with Crippen molar-refractivity contribution in [3.63, 3.8) is 0 Å². The van der Waals surface area contributed by atoms with E-state index in [2.05, 4.69) is 12.2 Å². The quantitative estimate of drug-likeness (QED) is 0.909. The number of hydrogen-bond donors (Lipinski definition) is 1. The van der Waals surface area contributed by atoms with Crippen molar-refractivity contribution in [2.75, 3.05) is 18.9 Å². The second kappa shape index (κ2) is 6.14. The molecule has 1 aliphatic rings. The van der Waals surface area contributed by atoms with Crippen molar-refractivity contribution < 1.29 is 8.42 Å². The van der Waals surface area contributed by atoms with E-state index in [0.717, 1.165) is 37.9 Å². The Bertz CT molecular complexity index is 569. The summed E-state index contributed by atoms with van der Waals surface area (Å²) in [7, 11) is -1.73. The van der Waals surface area contributed by atoms with Crippen molar-refractivity contribution in [2.45, 2.75) is 50.5 Å². The third-order valence-corrected chi connectivity index (χ3v) is 5.99. The number of nitrogens with one attached hydrogen (secondary N) is 1. The maximum atomic E-state index is 12.6. The molecule has 4 nitrogen and oxygen atoms in total. The molecule has 0 radical (unpaired) electrons. The van der Waals surface area contributed by atoms with E-state index in [1.165, 1.54) is 9.87 Å². The molecule has 112 valence electrons. The van der Waals surface area contributed by atoms with Gasteiger partial charge in [0.15, 0.2) is 0 Å². The Morgan fingerprint density at radius 2 is 2.15 bits per heavy atom. The molecule has 1 unspecified atom stereocenters. The Morgan fingerprint density at radius 3 is 2.85 bits per heavy atom. The first-order chi connectivity index (χ1) is 9.46. The van der Waals surface area contributed by atoms with E-state index in [9.17, 15) is 8.42 Å². The zero-order chi connectivity index (χ0) is 14.8. The molecule has 0 amide bonds. The molecule has 0 aromatic heterocycles. The van der Waals surface area contributed by atoms with Gasteiger partial charge in [-0.15, -0.1) is 0 Å². The molecular formula is C15H24N2O2S. The van der Waals surface area contributed by atoms with Gasteiger partial charge in [-0.3, -0.25) is 0 Å². The van der Waals surface area contributed by atoms with Crippen LogP contribution in [0.4, 0.5) is 5.69 Å². The maximum absolute atomic E-state index is 12.6. The van der Waals surface area contributed by atoms with E-state index in [4.69, 9.17) is 0 Å². The lowest BCUT2D eigenvalue weighted by atomic mass is 10.0. The highest BCUT2D eigenvalue weighted by Gasteiger charge is 2.25. The molecule has 1 aromatic carbocycles. The Balaban J connectivity index is 2.29. The third-order valence-electron chi connectivity index (χ3n) is 4.02. The van der Waals surface area contributed by atoms with Gasteiger partial charge in [0, 0.05) is 25.3 Å². The fraction of sp³-hybridized carbons (Fsp3) is 0.600.